The highest BCUT2D eigenvalue weighted by Crippen LogP contribution is 2.31. The van der Waals surface area contributed by atoms with Gasteiger partial charge in [0.25, 0.3) is 5.91 Å². The molecule has 2 fully saturated rings. The van der Waals surface area contributed by atoms with Gasteiger partial charge in [0.15, 0.2) is 0 Å². The van der Waals surface area contributed by atoms with Crippen LogP contribution in [0.5, 0.6) is 0 Å². The molecule has 23 heavy (non-hydrogen) atoms. The smallest absolute Gasteiger partial charge is 0.254 e. The summed E-state index contributed by atoms with van der Waals surface area (Å²) in [4.78, 5) is 17.7. The Morgan fingerprint density at radius 3 is 2.91 bits per heavy atom. The highest BCUT2D eigenvalue weighted by Gasteiger charge is 2.36. The van der Waals surface area contributed by atoms with Gasteiger partial charge in [-0.1, -0.05) is 6.07 Å². The molecule has 3 aliphatic rings. The number of carbonyl (C=O) groups is 1. The van der Waals surface area contributed by atoms with Crippen LogP contribution in [0.2, 0.25) is 0 Å². The summed E-state index contributed by atoms with van der Waals surface area (Å²) in [6.45, 7) is 2.81. The zero-order valence-corrected chi connectivity index (χ0v) is 14.6. The minimum atomic E-state index is 0. The summed E-state index contributed by atoms with van der Waals surface area (Å²) in [5, 5.41) is 3.43. The van der Waals surface area contributed by atoms with Gasteiger partial charge in [0.05, 0.1) is 0 Å². The van der Waals surface area contributed by atoms with Crippen LogP contribution in [0, 0.1) is 0 Å². The second kappa shape index (κ2) is 6.70. The van der Waals surface area contributed by atoms with Crippen LogP contribution < -0.4 is 5.32 Å². The number of halogens is 1. The summed E-state index contributed by atoms with van der Waals surface area (Å²) < 4.78 is 0. The number of likely N-dealkylation sites (N-methyl/N-ethyl adjacent to an activating group) is 1. The van der Waals surface area contributed by atoms with E-state index in [1.165, 1.54) is 18.4 Å². The molecule has 5 heteroatoms. The number of anilines is 1. The molecule has 1 aromatic carbocycles. The van der Waals surface area contributed by atoms with Gasteiger partial charge in [-0.3, -0.25) is 9.69 Å². The second-order valence-electron chi connectivity index (χ2n) is 6.95. The van der Waals surface area contributed by atoms with Gasteiger partial charge in [-0.05, 0) is 56.8 Å². The maximum Gasteiger partial charge on any atom is 0.254 e. The van der Waals surface area contributed by atoms with Crippen molar-refractivity contribution in [2.75, 3.05) is 32.0 Å². The number of amides is 1. The minimum absolute atomic E-state index is 0. The lowest BCUT2D eigenvalue weighted by Gasteiger charge is -2.28. The molecule has 2 atom stereocenters. The third-order valence-corrected chi connectivity index (χ3v) is 5.76. The van der Waals surface area contributed by atoms with Gasteiger partial charge in [-0.25, -0.2) is 0 Å². The van der Waals surface area contributed by atoms with E-state index in [2.05, 4.69) is 28.2 Å². The number of carbonyl (C=O) groups excluding carboxylic acids is 1. The average Bonchev–Trinajstić information content (AvgIpc) is 2.79. The third-order valence-electron chi connectivity index (χ3n) is 5.76. The molecule has 1 N–H and O–H groups in total. The first-order valence-corrected chi connectivity index (χ1v) is 8.61. The molecule has 2 unspecified atom stereocenters. The summed E-state index contributed by atoms with van der Waals surface area (Å²) >= 11 is 0. The zero-order chi connectivity index (χ0) is 15.1. The van der Waals surface area contributed by atoms with E-state index in [1.807, 2.05) is 12.1 Å². The molecule has 0 aromatic heterocycles. The maximum atomic E-state index is 13.1. The fourth-order valence-corrected chi connectivity index (χ4v) is 4.37. The van der Waals surface area contributed by atoms with Crippen LogP contribution in [0.25, 0.3) is 0 Å². The number of likely N-dealkylation sites (tertiary alicyclic amines) is 1. The lowest BCUT2D eigenvalue weighted by molar-refractivity contribution is 0.0739. The van der Waals surface area contributed by atoms with Crippen molar-refractivity contribution in [3.8, 4) is 0 Å². The Labute approximate surface area is 144 Å². The first-order valence-electron chi connectivity index (χ1n) is 8.61. The highest BCUT2D eigenvalue weighted by atomic mass is 35.5. The number of nitrogens with zero attached hydrogens (tertiary/aromatic N) is 2. The van der Waals surface area contributed by atoms with Gasteiger partial charge in [-0.15, -0.1) is 12.4 Å². The van der Waals surface area contributed by atoms with Crippen molar-refractivity contribution in [3.63, 3.8) is 0 Å². The Balaban J connectivity index is 0.00000156. The summed E-state index contributed by atoms with van der Waals surface area (Å²) in [7, 11) is 2.23. The van der Waals surface area contributed by atoms with Crippen LogP contribution in [0.4, 0.5) is 5.69 Å². The van der Waals surface area contributed by atoms with Crippen LogP contribution >= 0.6 is 12.4 Å². The van der Waals surface area contributed by atoms with Gasteiger partial charge in [0, 0.05) is 43.0 Å². The topological polar surface area (TPSA) is 35.6 Å². The first kappa shape index (κ1) is 16.6. The molecule has 0 saturated carbocycles. The molecule has 2 bridgehead atoms. The monoisotopic (exact) mass is 335 g/mol. The van der Waals surface area contributed by atoms with E-state index >= 15 is 0 Å². The van der Waals surface area contributed by atoms with Crippen molar-refractivity contribution in [3.05, 3.63) is 29.3 Å². The Kier molecular flexibility index (Phi) is 4.83. The molecule has 3 aliphatic heterocycles. The van der Waals surface area contributed by atoms with Crippen molar-refractivity contribution >= 4 is 24.0 Å². The van der Waals surface area contributed by atoms with E-state index in [0.29, 0.717) is 12.1 Å². The fourth-order valence-electron chi connectivity index (χ4n) is 4.37. The van der Waals surface area contributed by atoms with Gasteiger partial charge in [0.2, 0.25) is 0 Å². The van der Waals surface area contributed by atoms with Crippen LogP contribution in [0.15, 0.2) is 18.2 Å². The number of hydrogen-bond acceptors (Lipinski definition) is 3. The van der Waals surface area contributed by atoms with E-state index in [9.17, 15) is 4.79 Å². The molecular formula is C18H26ClN3O. The molecule has 1 aromatic rings. The molecule has 0 spiro atoms. The predicted molar refractivity (Wildman–Crippen MR) is 95.6 cm³/mol. The normalized spacial score (nSPS) is 26.7. The first-order chi connectivity index (χ1) is 10.7. The number of nitrogens with one attached hydrogen (secondary N) is 1. The van der Waals surface area contributed by atoms with E-state index < -0.39 is 0 Å². The maximum absolute atomic E-state index is 13.1. The number of hydrogen-bond donors (Lipinski definition) is 1. The Morgan fingerprint density at radius 2 is 2.04 bits per heavy atom. The SMILES string of the molecule is CN1C2CCC1CN(C(=O)c1cccc3c1CCCN3)CC2.Cl. The zero-order valence-electron chi connectivity index (χ0n) is 13.8. The molecule has 2 saturated heterocycles. The highest BCUT2D eigenvalue weighted by molar-refractivity contribution is 5.97. The number of fused-ring (bicyclic) bond motifs is 3. The van der Waals surface area contributed by atoms with Crippen LogP contribution in [-0.4, -0.2) is 54.5 Å². The van der Waals surface area contributed by atoms with Gasteiger partial charge in [0.1, 0.15) is 0 Å². The molecule has 3 heterocycles. The van der Waals surface area contributed by atoms with Gasteiger partial charge in [-0.2, -0.15) is 0 Å². The van der Waals surface area contributed by atoms with Gasteiger partial charge >= 0.3 is 0 Å². The Hall–Kier alpha value is -1.26. The summed E-state index contributed by atoms with van der Waals surface area (Å²) in [6.07, 6.45) is 5.79. The van der Waals surface area contributed by atoms with E-state index in [-0.39, 0.29) is 18.3 Å². The van der Waals surface area contributed by atoms with E-state index in [1.54, 1.807) is 0 Å². The Bertz CT molecular complexity index is 592. The molecular weight excluding hydrogens is 310 g/mol. The quantitative estimate of drug-likeness (QED) is 0.857. The molecule has 0 aliphatic carbocycles. The number of rotatable bonds is 1. The molecule has 126 valence electrons. The fraction of sp³-hybridized carbons (Fsp3) is 0.611. The van der Waals surface area contributed by atoms with Crippen molar-refractivity contribution in [1.82, 2.24) is 9.80 Å². The number of benzene rings is 1. The van der Waals surface area contributed by atoms with Crippen LogP contribution in [-0.2, 0) is 6.42 Å². The van der Waals surface area contributed by atoms with Crippen molar-refractivity contribution in [1.29, 1.82) is 0 Å². The Morgan fingerprint density at radius 1 is 1.22 bits per heavy atom. The minimum Gasteiger partial charge on any atom is -0.385 e. The van der Waals surface area contributed by atoms with Gasteiger partial charge < -0.3 is 10.2 Å². The average molecular weight is 336 g/mol. The summed E-state index contributed by atoms with van der Waals surface area (Å²) in [5.74, 6) is 0.238. The van der Waals surface area contributed by atoms with Crippen molar-refractivity contribution in [2.24, 2.45) is 0 Å². The molecule has 1 amide bonds. The van der Waals surface area contributed by atoms with E-state index in [4.69, 9.17) is 0 Å². The summed E-state index contributed by atoms with van der Waals surface area (Å²) in [5.41, 5.74) is 3.30. The van der Waals surface area contributed by atoms with Crippen molar-refractivity contribution in [2.45, 2.75) is 44.2 Å². The lowest BCUT2D eigenvalue weighted by atomic mass is 9.96. The largest absolute Gasteiger partial charge is 0.385 e. The van der Waals surface area contributed by atoms with Crippen LogP contribution in [0.3, 0.4) is 0 Å². The lowest BCUT2D eigenvalue weighted by Crippen LogP contribution is -2.40. The molecule has 4 rings (SSSR count). The third kappa shape index (κ3) is 2.94. The predicted octanol–water partition coefficient (Wildman–Crippen LogP) is 2.78. The van der Waals surface area contributed by atoms with E-state index in [0.717, 1.165) is 50.1 Å². The van der Waals surface area contributed by atoms with Crippen molar-refractivity contribution < 1.29 is 4.79 Å². The molecule has 4 nitrogen and oxygen atoms in total. The second-order valence-corrected chi connectivity index (χ2v) is 6.95. The van der Waals surface area contributed by atoms with Crippen LogP contribution in [0.1, 0.15) is 41.6 Å². The standard InChI is InChI=1S/C18H25N3O.ClH/c1-20-13-7-8-14(20)12-21(11-9-13)18(22)16-4-2-6-17-15(16)5-3-10-19-17;/h2,4,6,13-14,19H,3,5,7-12H2,1H3;1H. The summed E-state index contributed by atoms with van der Waals surface area (Å²) in [6, 6.07) is 7.36. The molecule has 0 radical (unpaired) electrons.